The molecule has 0 bridgehead atoms. The zero-order valence-corrected chi connectivity index (χ0v) is 9.65. The van der Waals surface area contributed by atoms with Gasteiger partial charge in [-0.2, -0.15) is 0 Å². The summed E-state index contributed by atoms with van der Waals surface area (Å²) in [6, 6.07) is 6.24. The molecular formula is C10H16ClN3O2. The van der Waals surface area contributed by atoms with Gasteiger partial charge in [0.1, 0.15) is 0 Å². The Hall–Kier alpha value is -1.17. The summed E-state index contributed by atoms with van der Waals surface area (Å²) >= 11 is 0. The van der Waals surface area contributed by atoms with Gasteiger partial charge in [-0.25, -0.2) is 0 Å². The van der Waals surface area contributed by atoms with E-state index in [-0.39, 0.29) is 24.1 Å². The minimum Gasteiger partial charge on any atom is -0.330 e. The van der Waals surface area contributed by atoms with Crippen LogP contribution in [0.4, 0.5) is 5.69 Å². The molecule has 5 nitrogen and oxygen atoms in total. The Morgan fingerprint density at radius 1 is 1.31 bits per heavy atom. The van der Waals surface area contributed by atoms with E-state index in [0.717, 1.165) is 18.4 Å². The predicted octanol–water partition coefficient (Wildman–Crippen LogP) is 1.76. The van der Waals surface area contributed by atoms with Gasteiger partial charge in [0.2, 0.25) is 0 Å². The summed E-state index contributed by atoms with van der Waals surface area (Å²) < 4.78 is 0. The molecule has 0 saturated carbocycles. The number of nitrogens with two attached hydrogens (primary N) is 2. The van der Waals surface area contributed by atoms with Gasteiger partial charge in [0.05, 0.1) is 4.92 Å². The SMILES string of the molecule is Cl.NCCC[C@H](N)c1ccc([N+](=O)[O-])cc1. The van der Waals surface area contributed by atoms with Crippen LogP contribution < -0.4 is 11.5 Å². The largest absolute Gasteiger partial charge is 0.330 e. The maximum Gasteiger partial charge on any atom is 0.269 e. The zero-order chi connectivity index (χ0) is 11.3. The van der Waals surface area contributed by atoms with Crippen molar-refractivity contribution in [1.29, 1.82) is 0 Å². The second-order valence-corrected chi connectivity index (χ2v) is 3.39. The van der Waals surface area contributed by atoms with Gasteiger partial charge >= 0.3 is 0 Å². The van der Waals surface area contributed by atoms with Crippen molar-refractivity contribution in [2.75, 3.05) is 6.54 Å². The fraction of sp³-hybridized carbons (Fsp3) is 0.400. The number of nitro groups is 1. The fourth-order valence-electron chi connectivity index (χ4n) is 1.35. The molecule has 1 aromatic carbocycles. The predicted molar refractivity (Wildman–Crippen MR) is 65.6 cm³/mol. The Morgan fingerprint density at radius 3 is 2.31 bits per heavy atom. The zero-order valence-electron chi connectivity index (χ0n) is 8.83. The average molecular weight is 246 g/mol. The summed E-state index contributed by atoms with van der Waals surface area (Å²) in [6.07, 6.45) is 1.66. The van der Waals surface area contributed by atoms with E-state index in [9.17, 15) is 10.1 Å². The van der Waals surface area contributed by atoms with Gasteiger partial charge in [0.15, 0.2) is 0 Å². The third kappa shape index (κ3) is 4.14. The van der Waals surface area contributed by atoms with Gasteiger partial charge in [0, 0.05) is 18.2 Å². The van der Waals surface area contributed by atoms with Gasteiger partial charge in [0.25, 0.3) is 5.69 Å². The van der Waals surface area contributed by atoms with Gasteiger partial charge in [-0.05, 0) is 24.9 Å². The van der Waals surface area contributed by atoms with Crippen molar-refractivity contribution >= 4 is 18.1 Å². The highest BCUT2D eigenvalue weighted by Gasteiger charge is 2.08. The first-order valence-electron chi connectivity index (χ1n) is 4.85. The van der Waals surface area contributed by atoms with E-state index in [1.165, 1.54) is 12.1 Å². The Bertz CT molecular complexity index is 329. The first kappa shape index (κ1) is 14.8. The summed E-state index contributed by atoms with van der Waals surface area (Å²) in [5.41, 5.74) is 12.3. The number of halogens is 1. The lowest BCUT2D eigenvalue weighted by atomic mass is 10.0. The normalized spacial score (nSPS) is 11.6. The molecule has 0 aliphatic heterocycles. The monoisotopic (exact) mass is 245 g/mol. The number of hydrogen-bond acceptors (Lipinski definition) is 4. The van der Waals surface area contributed by atoms with E-state index >= 15 is 0 Å². The van der Waals surface area contributed by atoms with Gasteiger partial charge < -0.3 is 11.5 Å². The number of nitrogens with zero attached hydrogens (tertiary/aromatic N) is 1. The second kappa shape index (κ2) is 7.16. The molecule has 16 heavy (non-hydrogen) atoms. The molecule has 0 aliphatic carbocycles. The first-order valence-corrected chi connectivity index (χ1v) is 4.85. The molecule has 0 amide bonds. The van der Waals surface area contributed by atoms with E-state index in [0.29, 0.717) is 6.54 Å². The van der Waals surface area contributed by atoms with Crippen molar-refractivity contribution in [2.45, 2.75) is 18.9 Å². The molecule has 0 fully saturated rings. The van der Waals surface area contributed by atoms with E-state index in [2.05, 4.69) is 0 Å². The second-order valence-electron chi connectivity index (χ2n) is 3.39. The van der Waals surface area contributed by atoms with Crippen LogP contribution in [0, 0.1) is 10.1 Å². The Labute approximate surface area is 100 Å². The highest BCUT2D eigenvalue weighted by atomic mass is 35.5. The minimum absolute atomic E-state index is 0. The molecule has 0 aromatic heterocycles. The number of nitro benzene ring substituents is 1. The number of benzene rings is 1. The topological polar surface area (TPSA) is 95.2 Å². The van der Waals surface area contributed by atoms with Crippen molar-refractivity contribution < 1.29 is 4.92 Å². The van der Waals surface area contributed by atoms with Crippen LogP contribution in [-0.4, -0.2) is 11.5 Å². The molecule has 0 saturated heterocycles. The van der Waals surface area contributed by atoms with Crippen molar-refractivity contribution in [3.8, 4) is 0 Å². The minimum atomic E-state index is -0.421. The van der Waals surface area contributed by atoms with E-state index in [4.69, 9.17) is 11.5 Å². The lowest BCUT2D eigenvalue weighted by molar-refractivity contribution is -0.384. The molecule has 1 rings (SSSR count). The van der Waals surface area contributed by atoms with Crippen LogP contribution in [0.2, 0.25) is 0 Å². The van der Waals surface area contributed by atoms with E-state index in [1.807, 2.05) is 0 Å². The molecule has 1 atom stereocenters. The van der Waals surface area contributed by atoms with Crippen molar-refractivity contribution in [3.05, 3.63) is 39.9 Å². The Balaban J connectivity index is 0.00000225. The number of non-ortho nitro benzene ring substituents is 1. The summed E-state index contributed by atoms with van der Waals surface area (Å²) in [7, 11) is 0. The molecule has 0 spiro atoms. The molecule has 4 N–H and O–H groups in total. The van der Waals surface area contributed by atoms with Gasteiger partial charge in [-0.1, -0.05) is 12.1 Å². The summed E-state index contributed by atoms with van der Waals surface area (Å²) in [5.74, 6) is 0. The van der Waals surface area contributed by atoms with Crippen LogP contribution >= 0.6 is 12.4 Å². The smallest absolute Gasteiger partial charge is 0.269 e. The fourth-order valence-corrected chi connectivity index (χ4v) is 1.35. The average Bonchev–Trinajstić information content (AvgIpc) is 2.26. The molecular weight excluding hydrogens is 230 g/mol. The number of rotatable bonds is 5. The molecule has 1 aromatic rings. The molecule has 90 valence electrons. The standard InChI is InChI=1S/C10H15N3O2.ClH/c11-7-1-2-10(12)8-3-5-9(6-4-8)13(14)15;/h3-6,10H,1-2,7,11-12H2;1H/t10-;/m0./s1. The third-order valence-corrected chi connectivity index (χ3v) is 2.25. The van der Waals surface area contributed by atoms with Crippen molar-refractivity contribution in [2.24, 2.45) is 11.5 Å². The van der Waals surface area contributed by atoms with Crippen molar-refractivity contribution in [3.63, 3.8) is 0 Å². The third-order valence-electron chi connectivity index (χ3n) is 2.25. The first-order chi connectivity index (χ1) is 7.15. The maximum atomic E-state index is 10.4. The lowest BCUT2D eigenvalue weighted by Gasteiger charge is -2.10. The number of hydrogen-bond donors (Lipinski definition) is 2. The molecule has 0 unspecified atom stereocenters. The van der Waals surface area contributed by atoms with Gasteiger partial charge in [-0.15, -0.1) is 12.4 Å². The lowest BCUT2D eigenvalue weighted by Crippen LogP contribution is -2.12. The van der Waals surface area contributed by atoms with Crippen LogP contribution in [-0.2, 0) is 0 Å². The molecule has 0 heterocycles. The van der Waals surface area contributed by atoms with Crippen LogP contribution in [0.3, 0.4) is 0 Å². The Kier molecular flexibility index (Phi) is 6.64. The van der Waals surface area contributed by atoms with Gasteiger partial charge in [-0.3, -0.25) is 10.1 Å². The summed E-state index contributed by atoms with van der Waals surface area (Å²) in [4.78, 5) is 9.99. The highest BCUT2D eigenvalue weighted by Crippen LogP contribution is 2.18. The summed E-state index contributed by atoms with van der Waals surface area (Å²) in [6.45, 7) is 0.612. The van der Waals surface area contributed by atoms with Crippen LogP contribution in [0.5, 0.6) is 0 Å². The molecule has 6 heteroatoms. The molecule has 0 aliphatic rings. The van der Waals surface area contributed by atoms with Crippen LogP contribution in [0.1, 0.15) is 24.4 Å². The van der Waals surface area contributed by atoms with E-state index < -0.39 is 4.92 Å². The van der Waals surface area contributed by atoms with Crippen molar-refractivity contribution in [1.82, 2.24) is 0 Å². The van der Waals surface area contributed by atoms with Crippen LogP contribution in [0.15, 0.2) is 24.3 Å². The van der Waals surface area contributed by atoms with E-state index in [1.54, 1.807) is 12.1 Å². The maximum absolute atomic E-state index is 10.4. The summed E-state index contributed by atoms with van der Waals surface area (Å²) in [5, 5.41) is 10.4. The molecule has 0 radical (unpaired) electrons. The highest BCUT2D eigenvalue weighted by molar-refractivity contribution is 5.85. The Morgan fingerprint density at radius 2 is 1.88 bits per heavy atom. The van der Waals surface area contributed by atoms with Crippen LogP contribution in [0.25, 0.3) is 0 Å². The quantitative estimate of drug-likeness (QED) is 0.610.